The summed E-state index contributed by atoms with van der Waals surface area (Å²) in [7, 11) is 1.32. The highest BCUT2D eigenvalue weighted by atomic mass is 16.5. The predicted molar refractivity (Wildman–Crippen MR) is 93.1 cm³/mol. The van der Waals surface area contributed by atoms with Crippen LogP contribution in [-0.2, 0) is 16.1 Å². The maximum atomic E-state index is 12.0. The van der Waals surface area contributed by atoms with Gasteiger partial charge in [0.1, 0.15) is 0 Å². The molecule has 0 unspecified atom stereocenters. The van der Waals surface area contributed by atoms with Crippen LogP contribution in [-0.4, -0.2) is 31.4 Å². The molecular weight excluding hydrogens is 320 g/mol. The number of carbonyl (C=O) groups excluding carboxylic acids is 3. The lowest BCUT2D eigenvalue weighted by Gasteiger charge is -2.09. The molecule has 0 aliphatic rings. The van der Waals surface area contributed by atoms with Gasteiger partial charge in [-0.2, -0.15) is 0 Å². The lowest BCUT2D eigenvalue weighted by atomic mass is 10.1. The van der Waals surface area contributed by atoms with Crippen LogP contribution in [0.25, 0.3) is 0 Å². The molecule has 0 fully saturated rings. The molecule has 2 amide bonds. The Morgan fingerprint density at radius 2 is 1.64 bits per heavy atom. The Morgan fingerprint density at radius 1 is 0.960 bits per heavy atom. The summed E-state index contributed by atoms with van der Waals surface area (Å²) in [4.78, 5) is 35.2. The molecule has 2 aromatic carbocycles. The number of carbonyl (C=O) groups is 3. The summed E-state index contributed by atoms with van der Waals surface area (Å²) in [6, 6.07) is 13.9. The molecule has 0 radical (unpaired) electrons. The van der Waals surface area contributed by atoms with Gasteiger partial charge in [0.25, 0.3) is 5.91 Å². The van der Waals surface area contributed by atoms with Crippen LogP contribution >= 0.6 is 0 Å². The fourth-order valence-corrected chi connectivity index (χ4v) is 2.22. The number of methoxy groups -OCH3 is 1. The number of esters is 1. The van der Waals surface area contributed by atoms with Crippen LogP contribution in [0.15, 0.2) is 48.5 Å². The molecule has 2 N–H and O–H groups in total. The molecule has 0 spiro atoms. The van der Waals surface area contributed by atoms with Crippen molar-refractivity contribution in [1.82, 2.24) is 10.6 Å². The Labute approximate surface area is 146 Å². The van der Waals surface area contributed by atoms with Crippen molar-refractivity contribution >= 4 is 17.8 Å². The minimum absolute atomic E-state index is 0.104. The topological polar surface area (TPSA) is 84.5 Å². The smallest absolute Gasteiger partial charge is 0.337 e. The Morgan fingerprint density at radius 3 is 2.28 bits per heavy atom. The van der Waals surface area contributed by atoms with E-state index in [2.05, 4.69) is 15.4 Å². The van der Waals surface area contributed by atoms with Gasteiger partial charge < -0.3 is 15.4 Å². The van der Waals surface area contributed by atoms with Crippen molar-refractivity contribution in [3.63, 3.8) is 0 Å². The molecule has 6 heteroatoms. The van der Waals surface area contributed by atoms with Gasteiger partial charge in [-0.25, -0.2) is 4.79 Å². The van der Waals surface area contributed by atoms with E-state index < -0.39 is 5.97 Å². The average molecular weight is 340 g/mol. The van der Waals surface area contributed by atoms with Crippen molar-refractivity contribution < 1.29 is 19.1 Å². The third kappa shape index (κ3) is 5.17. The van der Waals surface area contributed by atoms with Crippen molar-refractivity contribution in [1.29, 1.82) is 0 Å². The second kappa shape index (κ2) is 8.63. The van der Waals surface area contributed by atoms with Crippen LogP contribution in [0.2, 0.25) is 0 Å². The molecule has 2 rings (SSSR count). The molecule has 0 aliphatic heterocycles. The van der Waals surface area contributed by atoms with Crippen LogP contribution in [0.3, 0.4) is 0 Å². The first-order valence-electron chi connectivity index (χ1n) is 7.79. The van der Waals surface area contributed by atoms with Gasteiger partial charge in [-0.15, -0.1) is 0 Å². The standard InChI is InChI=1S/C19H20N2O4/c1-13-5-3-4-6-16(13)18(23)21-12-17(22)20-11-14-7-9-15(10-8-14)19(24)25-2/h3-10H,11-12H2,1-2H3,(H,20,22)(H,21,23). The zero-order valence-corrected chi connectivity index (χ0v) is 14.2. The summed E-state index contributed by atoms with van der Waals surface area (Å²) in [5.41, 5.74) is 2.69. The zero-order valence-electron chi connectivity index (χ0n) is 14.2. The lowest BCUT2D eigenvalue weighted by Crippen LogP contribution is -2.36. The van der Waals surface area contributed by atoms with Crippen molar-refractivity contribution in [2.24, 2.45) is 0 Å². The molecule has 0 bridgehead atoms. The molecule has 0 heterocycles. The molecule has 130 valence electrons. The minimum atomic E-state index is -0.408. The van der Waals surface area contributed by atoms with Gasteiger partial charge in [0, 0.05) is 12.1 Å². The maximum absolute atomic E-state index is 12.0. The maximum Gasteiger partial charge on any atom is 0.337 e. The lowest BCUT2D eigenvalue weighted by molar-refractivity contribution is -0.120. The van der Waals surface area contributed by atoms with Crippen molar-refractivity contribution in [2.45, 2.75) is 13.5 Å². The van der Waals surface area contributed by atoms with Gasteiger partial charge in [0.2, 0.25) is 5.91 Å². The van der Waals surface area contributed by atoms with Gasteiger partial charge in [-0.05, 0) is 36.2 Å². The minimum Gasteiger partial charge on any atom is -0.465 e. The third-order valence-electron chi connectivity index (χ3n) is 3.66. The summed E-state index contributed by atoms with van der Waals surface area (Å²) in [6.45, 7) is 2.04. The summed E-state index contributed by atoms with van der Waals surface area (Å²) in [6.07, 6.45) is 0. The van der Waals surface area contributed by atoms with Gasteiger partial charge in [0.15, 0.2) is 0 Å². The number of aryl methyl sites for hydroxylation is 1. The summed E-state index contributed by atoms with van der Waals surface area (Å²) < 4.78 is 4.62. The SMILES string of the molecule is COC(=O)c1ccc(CNC(=O)CNC(=O)c2ccccc2C)cc1. The summed E-state index contributed by atoms with van der Waals surface area (Å²) in [5.74, 6) is -0.982. The average Bonchev–Trinajstić information content (AvgIpc) is 2.64. The highest BCUT2D eigenvalue weighted by Gasteiger charge is 2.10. The number of amides is 2. The molecule has 0 saturated heterocycles. The van der Waals surface area contributed by atoms with Crippen LogP contribution in [0.1, 0.15) is 31.8 Å². The van der Waals surface area contributed by atoms with Crippen LogP contribution < -0.4 is 10.6 Å². The van der Waals surface area contributed by atoms with Crippen molar-refractivity contribution in [2.75, 3.05) is 13.7 Å². The molecule has 0 saturated carbocycles. The first kappa shape index (κ1) is 18.2. The molecule has 25 heavy (non-hydrogen) atoms. The molecule has 6 nitrogen and oxygen atoms in total. The van der Waals surface area contributed by atoms with Crippen molar-refractivity contribution in [3.05, 3.63) is 70.8 Å². The van der Waals surface area contributed by atoms with E-state index in [-0.39, 0.29) is 18.4 Å². The van der Waals surface area contributed by atoms with E-state index >= 15 is 0 Å². The first-order valence-corrected chi connectivity index (χ1v) is 7.79. The number of hydrogen-bond acceptors (Lipinski definition) is 4. The van der Waals surface area contributed by atoms with E-state index in [1.165, 1.54) is 7.11 Å². The molecular formula is C19H20N2O4. The number of benzene rings is 2. The van der Waals surface area contributed by atoms with Crippen molar-refractivity contribution in [3.8, 4) is 0 Å². The van der Waals surface area contributed by atoms with E-state index in [0.29, 0.717) is 17.7 Å². The molecule has 2 aromatic rings. The fraction of sp³-hybridized carbons (Fsp3) is 0.211. The normalized spacial score (nSPS) is 10.0. The number of ether oxygens (including phenoxy) is 1. The number of nitrogens with one attached hydrogen (secondary N) is 2. The highest BCUT2D eigenvalue weighted by molar-refractivity contribution is 5.97. The zero-order chi connectivity index (χ0) is 18.2. The molecule has 0 aliphatic carbocycles. The summed E-state index contributed by atoms with van der Waals surface area (Å²) >= 11 is 0. The Bertz CT molecular complexity index is 769. The van der Waals surface area contributed by atoms with Gasteiger partial charge in [0.05, 0.1) is 19.2 Å². The largest absolute Gasteiger partial charge is 0.465 e. The van der Waals surface area contributed by atoms with Gasteiger partial charge >= 0.3 is 5.97 Å². The summed E-state index contributed by atoms with van der Waals surface area (Å²) in [5, 5.41) is 5.31. The number of hydrogen-bond donors (Lipinski definition) is 2. The third-order valence-corrected chi connectivity index (χ3v) is 3.66. The second-order valence-corrected chi connectivity index (χ2v) is 5.46. The van der Waals surface area contributed by atoms with Crippen LogP contribution in [0, 0.1) is 6.92 Å². The fourth-order valence-electron chi connectivity index (χ4n) is 2.22. The molecule has 0 atom stereocenters. The van der Waals surface area contributed by atoms with Crippen LogP contribution in [0.5, 0.6) is 0 Å². The van der Waals surface area contributed by atoms with E-state index in [1.54, 1.807) is 36.4 Å². The predicted octanol–water partition coefficient (Wildman–Crippen LogP) is 1.83. The highest BCUT2D eigenvalue weighted by Crippen LogP contribution is 2.07. The van der Waals surface area contributed by atoms with E-state index in [1.807, 2.05) is 19.1 Å². The Kier molecular flexibility index (Phi) is 6.28. The van der Waals surface area contributed by atoms with E-state index in [4.69, 9.17) is 0 Å². The number of rotatable bonds is 6. The second-order valence-electron chi connectivity index (χ2n) is 5.46. The van der Waals surface area contributed by atoms with E-state index in [9.17, 15) is 14.4 Å². The monoisotopic (exact) mass is 340 g/mol. The Hall–Kier alpha value is -3.15. The Balaban J connectivity index is 1.80. The van der Waals surface area contributed by atoms with Gasteiger partial charge in [-0.3, -0.25) is 9.59 Å². The first-order chi connectivity index (χ1) is 12.0. The van der Waals surface area contributed by atoms with Crippen LogP contribution in [0.4, 0.5) is 0 Å². The van der Waals surface area contributed by atoms with E-state index in [0.717, 1.165) is 11.1 Å². The molecule has 0 aromatic heterocycles. The van der Waals surface area contributed by atoms with Gasteiger partial charge in [-0.1, -0.05) is 30.3 Å². The quantitative estimate of drug-likeness (QED) is 0.786.